The van der Waals surface area contributed by atoms with Gasteiger partial charge in [-0.25, -0.2) is 0 Å². The molecule has 0 amide bonds. The minimum absolute atomic E-state index is 0.346. The zero-order chi connectivity index (χ0) is 28.5. The van der Waals surface area contributed by atoms with E-state index in [1.54, 1.807) is 0 Å². The third-order valence-corrected chi connectivity index (χ3v) is 6.80. The second-order valence-electron chi connectivity index (χ2n) is 10.3. The zero-order valence-electron chi connectivity index (χ0n) is 24.0. The smallest absolute Gasteiger partial charge is 0.200 e. The average Bonchev–Trinajstić information content (AvgIpc) is 2.95. The van der Waals surface area contributed by atoms with Crippen molar-refractivity contribution in [3.05, 3.63) is 119 Å². The number of guanidine groups is 2. The molecule has 0 aliphatic rings. The van der Waals surface area contributed by atoms with Crippen LogP contribution in [0.1, 0.15) is 35.1 Å². The number of aryl methyl sites for hydroxylation is 4. The van der Waals surface area contributed by atoms with Crippen molar-refractivity contribution in [2.75, 3.05) is 22.9 Å². The fourth-order valence-corrected chi connectivity index (χ4v) is 4.41. The van der Waals surface area contributed by atoms with Crippen LogP contribution in [0.25, 0.3) is 0 Å². The molecule has 6 nitrogen and oxygen atoms in total. The van der Waals surface area contributed by atoms with Crippen LogP contribution in [0, 0.1) is 38.5 Å². The molecule has 6 heteroatoms. The van der Waals surface area contributed by atoms with E-state index in [-0.39, 0.29) is 0 Å². The first-order valence-corrected chi connectivity index (χ1v) is 13.8. The van der Waals surface area contributed by atoms with Crippen LogP contribution >= 0.6 is 0 Å². The van der Waals surface area contributed by atoms with Gasteiger partial charge in [0.2, 0.25) is 0 Å². The van der Waals surface area contributed by atoms with E-state index in [9.17, 15) is 0 Å². The predicted octanol–water partition coefficient (Wildman–Crippen LogP) is 7.73. The molecule has 4 aromatic carbocycles. The molecule has 0 aromatic heterocycles. The Morgan fingerprint density at radius 1 is 0.450 bits per heavy atom. The summed E-state index contributed by atoms with van der Waals surface area (Å²) in [6, 6.07) is 33.0. The normalized spacial score (nSPS) is 10.6. The van der Waals surface area contributed by atoms with Gasteiger partial charge in [0.1, 0.15) is 0 Å². The van der Waals surface area contributed by atoms with Crippen molar-refractivity contribution in [2.24, 2.45) is 0 Å². The van der Waals surface area contributed by atoms with Crippen LogP contribution in [0.2, 0.25) is 0 Å². The summed E-state index contributed by atoms with van der Waals surface area (Å²) in [5.74, 6) is 0.691. The molecule has 4 rings (SSSR count). The number of benzene rings is 4. The molecule has 0 saturated heterocycles. The van der Waals surface area contributed by atoms with Gasteiger partial charge in [0.25, 0.3) is 0 Å². The van der Waals surface area contributed by atoms with Crippen LogP contribution in [-0.2, 0) is 0 Å². The first kappa shape index (κ1) is 28.4. The number of nitrogens with one attached hydrogen (secondary N) is 4. The summed E-state index contributed by atoms with van der Waals surface area (Å²) in [5.41, 5.74) is 8.57. The standard InChI is InChI=1S/C34H40N6/c1-25-7-15-29(16-8-25)39(30-17-9-26(2)10-18-30)33(35)37-23-5-6-24-38-34(36)40(31-19-11-27(3)12-20-31)32-21-13-28(4)14-22-32/h7-22H,5-6,23-24H2,1-4H3,(H2,35,37)(H2,36,38). The molecule has 4 aromatic rings. The Kier molecular flexibility index (Phi) is 9.57. The van der Waals surface area contributed by atoms with Gasteiger partial charge in [-0.1, -0.05) is 70.8 Å². The van der Waals surface area contributed by atoms with E-state index in [1.165, 1.54) is 22.3 Å². The van der Waals surface area contributed by atoms with Crippen LogP contribution in [0.5, 0.6) is 0 Å². The maximum Gasteiger partial charge on any atom is 0.200 e. The lowest BCUT2D eigenvalue weighted by molar-refractivity contribution is 0.683. The number of hydrogen-bond acceptors (Lipinski definition) is 2. The largest absolute Gasteiger partial charge is 0.356 e. The Bertz CT molecular complexity index is 1190. The van der Waals surface area contributed by atoms with Gasteiger partial charge in [0.15, 0.2) is 11.9 Å². The second-order valence-corrected chi connectivity index (χ2v) is 10.3. The minimum atomic E-state index is 0.346. The van der Waals surface area contributed by atoms with Crippen molar-refractivity contribution in [3.63, 3.8) is 0 Å². The van der Waals surface area contributed by atoms with Crippen molar-refractivity contribution < 1.29 is 0 Å². The molecule has 0 heterocycles. The van der Waals surface area contributed by atoms with Crippen LogP contribution in [0.3, 0.4) is 0 Å². The third kappa shape index (κ3) is 7.50. The van der Waals surface area contributed by atoms with E-state index in [0.717, 1.165) is 35.6 Å². The summed E-state index contributed by atoms with van der Waals surface area (Å²) in [6.07, 6.45) is 1.74. The Morgan fingerprint density at radius 2 is 0.675 bits per heavy atom. The van der Waals surface area contributed by atoms with Crippen molar-refractivity contribution in [3.8, 4) is 0 Å². The van der Waals surface area contributed by atoms with Gasteiger partial charge in [-0.3, -0.25) is 20.6 Å². The highest BCUT2D eigenvalue weighted by atomic mass is 15.3. The van der Waals surface area contributed by atoms with Crippen LogP contribution in [-0.4, -0.2) is 25.0 Å². The molecule has 0 spiro atoms. The van der Waals surface area contributed by atoms with Crippen molar-refractivity contribution in [1.82, 2.24) is 10.6 Å². The maximum atomic E-state index is 8.81. The highest BCUT2D eigenvalue weighted by molar-refractivity contribution is 6.01. The Hall–Kier alpha value is -4.58. The molecule has 0 aliphatic carbocycles. The molecule has 0 atom stereocenters. The molecule has 206 valence electrons. The first-order valence-electron chi connectivity index (χ1n) is 13.8. The molecule has 0 unspecified atom stereocenters. The van der Waals surface area contributed by atoms with Gasteiger partial charge in [0, 0.05) is 35.8 Å². The van der Waals surface area contributed by atoms with Crippen LogP contribution in [0.15, 0.2) is 97.1 Å². The molecule has 40 heavy (non-hydrogen) atoms. The van der Waals surface area contributed by atoms with Crippen LogP contribution in [0.4, 0.5) is 22.7 Å². The Balaban J connectivity index is 1.32. The summed E-state index contributed by atoms with van der Waals surface area (Å²) in [6.45, 7) is 9.61. The summed E-state index contributed by atoms with van der Waals surface area (Å²) in [5, 5.41) is 24.2. The van der Waals surface area contributed by atoms with E-state index in [1.807, 2.05) is 9.80 Å². The van der Waals surface area contributed by atoms with Gasteiger partial charge in [0.05, 0.1) is 0 Å². The molecule has 4 N–H and O–H groups in total. The first-order chi connectivity index (χ1) is 19.3. The van der Waals surface area contributed by atoms with Gasteiger partial charge < -0.3 is 10.6 Å². The van der Waals surface area contributed by atoms with E-state index >= 15 is 0 Å². The maximum absolute atomic E-state index is 8.81. The lowest BCUT2D eigenvalue weighted by atomic mass is 10.1. The highest BCUT2D eigenvalue weighted by Crippen LogP contribution is 2.27. The number of rotatable bonds is 9. The monoisotopic (exact) mass is 532 g/mol. The second kappa shape index (κ2) is 13.5. The fraction of sp³-hybridized carbons (Fsp3) is 0.235. The average molecular weight is 533 g/mol. The van der Waals surface area contributed by atoms with E-state index in [4.69, 9.17) is 10.8 Å². The highest BCUT2D eigenvalue weighted by Gasteiger charge is 2.16. The van der Waals surface area contributed by atoms with Crippen molar-refractivity contribution in [2.45, 2.75) is 40.5 Å². The quantitative estimate of drug-likeness (QED) is 0.101. The van der Waals surface area contributed by atoms with Gasteiger partial charge in [-0.2, -0.15) is 0 Å². The molecule has 0 aliphatic heterocycles. The van der Waals surface area contributed by atoms with Gasteiger partial charge in [-0.05, 0) is 89.1 Å². The lowest BCUT2D eigenvalue weighted by Gasteiger charge is -2.27. The topological polar surface area (TPSA) is 78.2 Å². The molecular weight excluding hydrogens is 492 g/mol. The molecule has 0 fully saturated rings. The molecule has 0 radical (unpaired) electrons. The Labute approximate surface area is 238 Å². The summed E-state index contributed by atoms with van der Waals surface area (Å²) >= 11 is 0. The minimum Gasteiger partial charge on any atom is -0.356 e. The van der Waals surface area contributed by atoms with Gasteiger partial charge >= 0.3 is 0 Å². The Morgan fingerprint density at radius 3 is 0.900 bits per heavy atom. The lowest BCUT2D eigenvalue weighted by Crippen LogP contribution is -2.39. The van der Waals surface area contributed by atoms with E-state index in [2.05, 4.69) is 135 Å². The van der Waals surface area contributed by atoms with E-state index in [0.29, 0.717) is 25.0 Å². The number of hydrogen-bond donors (Lipinski definition) is 4. The molecular formula is C34H40N6. The zero-order valence-corrected chi connectivity index (χ0v) is 24.0. The van der Waals surface area contributed by atoms with Crippen LogP contribution < -0.4 is 20.4 Å². The van der Waals surface area contributed by atoms with Gasteiger partial charge in [-0.15, -0.1) is 0 Å². The summed E-state index contributed by atoms with van der Waals surface area (Å²) < 4.78 is 0. The third-order valence-electron chi connectivity index (χ3n) is 6.80. The SMILES string of the molecule is Cc1ccc(N(C(=N)NCCCCNC(=N)N(c2ccc(C)cc2)c2ccc(C)cc2)c2ccc(C)cc2)cc1. The molecule has 0 saturated carbocycles. The summed E-state index contributed by atoms with van der Waals surface area (Å²) in [7, 11) is 0. The fourth-order valence-electron chi connectivity index (χ4n) is 4.41. The van der Waals surface area contributed by atoms with E-state index < -0.39 is 0 Å². The number of anilines is 4. The number of unbranched alkanes of at least 4 members (excludes halogenated alkanes) is 1. The molecule has 0 bridgehead atoms. The van der Waals surface area contributed by atoms with Crippen molar-refractivity contribution in [1.29, 1.82) is 10.8 Å². The number of nitrogens with zero attached hydrogens (tertiary/aromatic N) is 2. The predicted molar refractivity (Wildman–Crippen MR) is 170 cm³/mol. The van der Waals surface area contributed by atoms with Crippen molar-refractivity contribution >= 4 is 34.7 Å². The summed E-state index contributed by atoms with van der Waals surface area (Å²) in [4.78, 5) is 3.88.